The number of anilines is 1. The molecule has 78 valence electrons. The third-order valence-electron chi connectivity index (χ3n) is 2.48. The van der Waals surface area contributed by atoms with Crippen LogP contribution in [-0.2, 0) is 0 Å². The van der Waals surface area contributed by atoms with Gasteiger partial charge in [-0.05, 0) is 30.9 Å². The third-order valence-corrected chi connectivity index (χ3v) is 2.48. The topological polar surface area (TPSA) is 35.8 Å². The van der Waals surface area contributed by atoms with Crippen LogP contribution >= 0.6 is 0 Å². The van der Waals surface area contributed by atoms with Crippen LogP contribution in [0.3, 0.4) is 0 Å². The Balaban J connectivity index is 2.17. The van der Waals surface area contributed by atoms with E-state index in [1.54, 1.807) is 6.07 Å². The molecule has 2 rings (SSSR count). The summed E-state index contributed by atoms with van der Waals surface area (Å²) < 4.78 is 26.5. The lowest BCUT2D eigenvalue weighted by molar-refractivity contribution is 0.508. The quantitative estimate of drug-likeness (QED) is 0.828. The molecule has 0 unspecified atom stereocenters. The molecule has 4 heteroatoms. The predicted octanol–water partition coefficient (Wildman–Crippen LogP) is 2.66. The molecule has 0 heterocycles. The van der Waals surface area contributed by atoms with Gasteiger partial charge in [0, 0.05) is 6.54 Å². The van der Waals surface area contributed by atoms with Crippen molar-refractivity contribution in [2.24, 2.45) is 5.92 Å². The van der Waals surface area contributed by atoms with E-state index < -0.39 is 11.6 Å². The Morgan fingerprint density at radius 2 is 2.07 bits per heavy atom. The van der Waals surface area contributed by atoms with Crippen LogP contribution in [0, 0.1) is 28.9 Å². The molecule has 1 N–H and O–H groups in total. The molecular weight excluding hydrogens is 198 g/mol. The van der Waals surface area contributed by atoms with Crippen molar-refractivity contribution in [3.05, 3.63) is 29.3 Å². The molecule has 15 heavy (non-hydrogen) atoms. The SMILES string of the molecule is N#Cc1ccc(NCC2CC2)c(F)c1F. The molecule has 1 aromatic carbocycles. The van der Waals surface area contributed by atoms with Gasteiger partial charge >= 0.3 is 0 Å². The van der Waals surface area contributed by atoms with Crippen LogP contribution in [-0.4, -0.2) is 6.54 Å². The van der Waals surface area contributed by atoms with Crippen molar-refractivity contribution in [2.45, 2.75) is 12.8 Å². The highest BCUT2D eigenvalue weighted by Crippen LogP contribution is 2.29. The lowest BCUT2D eigenvalue weighted by Crippen LogP contribution is -2.06. The summed E-state index contributed by atoms with van der Waals surface area (Å²) >= 11 is 0. The maximum Gasteiger partial charge on any atom is 0.183 e. The molecule has 0 atom stereocenters. The molecule has 1 aliphatic rings. The van der Waals surface area contributed by atoms with Gasteiger partial charge in [0.05, 0.1) is 11.3 Å². The molecule has 0 spiro atoms. The second-order valence-corrected chi connectivity index (χ2v) is 3.72. The van der Waals surface area contributed by atoms with Gasteiger partial charge in [0.1, 0.15) is 6.07 Å². The Hall–Kier alpha value is -1.63. The summed E-state index contributed by atoms with van der Waals surface area (Å²) in [6.45, 7) is 0.669. The number of halogens is 2. The lowest BCUT2D eigenvalue weighted by Gasteiger charge is -2.07. The van der Waals surface area contributed by atoms with Gasteiger partial charge in [-0.25, -0.2) is 8.78 Å². The highest BCUT2D eigenvalue weighted by Gasteiger charge is 2.21. The molecule has 1 fully saturated rings. The van der Waals surface area contributed by atoms with Gasteiger partial charge < -0.3 is 5.32 Å². The summed E-state index contributed by atoms with van der Waals surface area (Å²) in [5.74, 6) is -1.45. The van der Waals surface area contributed by atoms with E-state index in [-0.39, 0.29) is 11.3 Å². The summed E-state index contributed by atoms with van der Waals surface area (Å²) in [5.41, 5.74) is -0.122. The van der Waals surface area contributed by atoms with E-state index >= 15 is 0 Å². The van der Waals surface area contributed by atoms with E-state index in [1.807, 2.05) is 0 Å². The van der Waals surface area contributed by atoms with Crippen LogP contribution in [0.2, 0.25) is 0 Å². The molecule has 1 aromatic rings. The fourth-order valence-electron chi connectivity index (χ4n) is 1.35. The van der Waals surface area contributed by atoms with Gasteiger partial charge in [0.25, 0.3) is 0 Å². The first-order valence-electron chi connectivity index (χ1n) is 4.84. The van der Waals surface area contributed by atoms with Crippen molar-refractivity contribution in [3.63, 3.8) is 0 Å². The predicted molar refractivity (Wildman–Crippen MR) is 52.3 cm³/mol. The molecule has 0 aliphatic heterocycles. The number of hydrogen-bond acceptors (Lipinski definition) is 2. The van der Waals surface area contributed by atoms with Gasteiger partial charge in [-0.3, -0.25) is 0 Å². The molecule has 1 saturated carbocycles. The maximum absolute atomic E-state index is 13.3. The Morgan fingerprint density at radius 1 is 1.33 bits per heavy atom. The van der Waals surface area contributed by atoms with Crippen LogP contribution < -0.4 is 5.32 Å². The molecule has 1 aliphatic carbocycles. The summed E-state index contributed by atoms with van der Waals surface area (Å²) in [5, 5.41) is 11.3. The monoisotopic (exact) mass is 208 g/mol. The zero-order valence-electron chi connectivity index (χ0n) is 8.06. The Morgan fingerprint density at radius 3 is 2.67 bits per heavy atom. The van der Waals surface area contributed by atoms with Crippen molar-refractivity contribution < 1.29 is 8.78 Å². The fraction of sp³-hybridized carbons (Fsp3) is 0.364. The average molecular weight is 208 g/mol. The second-order valence-electron chi connectivity index (χ2n) is 3.72. The first-order valence-corrected chi connectivity index (χ1v) is 4.84. The standard InChI is InChI=1S/C11H10F2N2/c12-10-8(5-14)3-4-9(11(10)13)15-6-7-1-2-7/h3-4,7,15H,1-2,6H2. The van der Waals surface area contributed by atoms with Crippen LogP contribution in [0.4, 0.5) is 14.5 Å². The number of nitrogens with one attached hydrogen (secondary N) is 1. The Labute approximate surface area is 86.5 Å². The summed E-state index contributed by atoms with van der Waals surface area (Å²) in [6, 6.07) is 4.29. The van der Waals surface area contributed by atoms with Gasteiger partial charge in [0.15, 0.2) is 11.6 Å². The number of nitriles is 1. The number of nitrogens with zero attached hydrogens (tertiary/aromatic N) is 1. The minimum atomic E-state index is -1.07. The minimum absolute atomic E-state index is 0.137. The van der Waals surface area contributed by atoms with E-state index in [0.29, 0.717) is 12.5 Å². The summed E-state index contributed by atoms with van der Waals surface area (Å²) in [6.07, 6.45) is 2.29. The summed E-state index contributed by atoms with van der Waals surface area (Å²) in [4.78, 5) is 0. The number of benzene rings is 1. The Kier molecular flexibility index (Phi) is 2.55. The van der Waals surface area contributed by atoms with Crippen molar-refractivity contribution in [2.75, 3.05) is 11.9 Å². The van der Waals surface area contributed by atoms with Crippen molar-refractivity contribution >= 4 is 5.69 Å². The molecule has 0 aromatic heterocycles. The second kappa shape index (κ2) is 3.85. The smallest absolute Gasteiger partial charge is 0.183 e. The van der Waals surface area contributed by atoms with Crippen molar-refractivity contribution in [1.29, 1.82) is 5.26 Å². The van der Waals surface area contributed by atoms with Crippen molar-refractivity contribution in [1.82, 2.24) is 0 Å². The third kappa shape index (κ3) is 2.07. The first kappa shape index (κ1) is 9.91. The highest BCUT2D eigenvalue weighted by atomic mass is 19.2. The normalized spacial score (nSPS) is 14.7. The highest BCUT2D eigenvalue weighted by molar-refractivity contribution is 5.49. The van der Waals surface area contributed by atoms with Crippen LogP contribution in [0.25, 0.3) is 0 Å². The van der Waals surface area contributed by atoms with E-state index in [1.165, 1.54) is 12.1 Å². The van der Waals surface area contributed by atoms with E-state index in [4.69, 9.17) is 5.26 Å². The van der Waals surface area contributed by atoms with Crippen LogP contribution in [0.5, 0.6) is 0 Å². The van der Waals surface area contributed by atoms with Gasteiger partial charge in [0.2, 0.25) is 0 Å². The van der Waals surface area contributed by atoms with Gasteiger partial charge in [-0.2, -0.15) is 5.26 Å². The summed E-state index contributed by atoms with van der Waals surface area (Å²) in [7, 11) is 0. The van der Waals surface area contributed by atoms with Crippen molar-refractivity contribution in [3.8, 4) is 6.07 Å². The van der Waals surface area contributed by atoms with E-state index in [2.05, 4.69) is 5.32 Å². The minimum Gasteiger partial charge on any atom is -0.382 e. The zero-order chi connectivity index (χ0) is 10.8. The Bertz CT molecular complexity index is 419. The van der Waals surface area contributed by atoms with Crippen LogP contribution in [0.15, 0.2) is 12.1 Å². The number of hydrogen-bond donors (Lipinski definition) is 1. The van der Waals surface area contributed by atoms with E-state index in [0.717, 1.165) is 12.8 Å². The molecule has 0 bridgehead atoms. The molecule has 0 amide bonds. The molecule has 0 radical (unpaired) electrons. The molecular formula is C11H10F2N2. The van der Waals surface area contributed by atoms with Gasteiger partial charge in [-0.1, -0.05) is 0 Å². The van der Waals surface area contributed by atoms with Crippen LogP contribution in [0.1, 0.15) is 18.4 Å². The largest absolute Gasteiger partial charge is 0.382 e. The first-order chi connectivity index (χ1) is 7.22. The molecule has 0 saturated heterocycles. The van der Waals surface area contributed by atoms with Gasteiger partial charge in [-0.15, -0.1) is 0 Å². The zero-order valence-corrected chi connectivity index (χ0v) is 8.06. The number of rotatable bonds is 3. The molecule has 2 nitrogen and oxygen atoms in total. The average Bonchev–Trinajstić information content (AvgIpc) is 3.04. The van der Waals surface area contributed by atoms with E-state index in [9.17, 15) is 8.78 Å². The lowest BCUT2D eigenvalue weighted by atomic mass is 10.2. The fourth-order valence-corrected chi connectivity index (χ4v) is 1.35. The maximum atomic E-state index is 13.3.